The molecule has 0 fully saturated rings. The Morgan fingerprint density at radius 2 is 1.74 bits per heavy atom. The zero-order valence-electron chi connectivity index (χ0n) is 20.0. The summed E-state index contributed by atoms with van der Waals surface area (Å²) in [4.78, 5) is 28.0. The van der Waals surface area contributed by atoms with Crippen LogP contribution in [0.15, 0.2) is 42.5 Å². The first kappa shape index (κ1) is 28.0. The quantitative estimate of drug-likeness (QED) is 0.495. The van der Waals surface area contributed by atoms with Crippen molar-refractivity contribution < 1.29 is 18.0 Å². The third kappa shape index (κ3) is 7.35. The summed E-state index contributed by atoms with van der Waals surface area (Å²) < 4.78 is 26.2. The number of nitrogens with one attached hydrogen (secondary N) is 1. The van der Waals surface area contributed by atoms with E-state index in [1.54, 1.807) is 6.07 Å². The summed E-state index contributed by atoms with van der Waals surface area (Å²) in [5.41, 5.74) is 1.93. The van der Waals surface area contributed by atoms with Gasteiger partial charge >= 0.3 is 0 Å². The lowest BCUT2D eigenvalue weighted by atomic mass is 10.1. The number of hydrogen-bond acceptors (Lipinski definition) is 4. The van der Waals surface area contributed by atoms with Gasteiger partial charge in [-0.2, -0.15) is 0 Å². The number of sulfonamides is 1. The van der Waals surface area contributed by atoms with E-state index in [-0.39, 0.29) is 34.2 Å². The van der Waals surface area contributed by atoms with Gasteiger partial charge in [0.05, 0.1) is 22.0 Å². The summed E-state index contributed by atoms with van der Waals surface area (Å²) in [5, 5.41) is 3.05. The highest BCUT2D eigenvalue weighted by Gasteiger charge is 2.32. The van der Waals surface area contributed by atoms with Gasteiger partial charge in [0.1, 0.15) is 12.6 Å². The van der Waals surface area contributed by atoms with Gasteiger partial charge in [-0.25, -0.2) is 8.42 Å². The summed E-state index contributed by atoms with van der Waals surface area (Å²) in [6.07, 6.45) is 1.35. The Hall–Kier alpha value is -2.29. The maximum absolute atomic E-state index is 13.6. The molecule has 0 spiro atoms. The number of rotatable bonds is 10. The molecular formula is C24H31Cl2N3O4S. The van der Waals surface area contributed by atoms with Crippen molar-refractivity contribution in [2.24, 2.45) is 0 Å². The summed E-state index contributed by atoms with van der Waals surface area (Å²) in [6, 6.07) is 11.3. The Morgan fingerprint density at radius 3 is 2.29 bits per heavy atom. The molecule has 2 amide bonds. The van der Waals surface area contributed by atoms with Gasteiger partial charge in [0.25, 0.3) is 0 Å². The lowest BCUT2D eigenvalue weighted by molar-refractivity contribution is -0.140. The molecule has 0 saturated heterocycles. The molecule has 0 aromatic heterocycles. The van der Waals surface area contributed by atoms with E-state index in [9.17, 15) is 18.0 Å². The molecule has 7 nitrogen and oxygen atoms in total. The van der Waals surface area contributed by atoms with Crippen LogP contribution in [0.25, 0.3) is 0 Å². The molecule has 0 unspecified atom stereocenters. The van der Waals surface area contributed by atoms with Crippen LogP contribution >= 0.6 is 23.2 Å². The minimum Gasteiger partial charge on any atom is -0.352 e. The number of benzene rings is 2. The van der Waals surface area contributed by atoms with Crippen molar-refractivity contribution in [3.63, 3.8) is 0 Å². The summed E-state index contributed by atoms with van der Waals surface area (Å²) >= 11 is 12.4. The second-order valence-corrected chi connectivity index (χ2v) is 11.1. The lowest BCUT2D eigenvalue weighted by Crippen LogP contribution is -2.53. The number of aryl methyl sites for hydroxylation is 1. The Bertz CT molecular complexity index is 1140. The van der Waals surface area contributed by atoms with E-state index in [0.29, 0.717) is 6.42 Å². The van der Waals surface area contributed by atoms with Crippen LogP contribution < -0.4 is 9.62 Å². The van der Waals surface area contributed by atoms with Crippen molar-refractivity contribution in [2.75, 3.05) is 17.1 Å². The van der Waals surface area contributed by atoms with Gasteiger partial charge in [-0.15, -0.1) is 0 Å². The normalized spacial score (nSPS) is 12.4. The zero-order valence-corrected chi connectivity index (χ0v) is 22.3. The largest absolute Gasteiger partial charge is 0.352 e. The number of hydrogen-bond donors (Lipinski definition) is 1. The molecule has 1 N–H and O–H groups in total. The Morgan fingerprint density at radius 1 is 1.09 bits per heavy atom. The molecule has 2 rings (SSSR count). The third-order valence-corrected chi connectivity index (χ3v) is 7.07. The molecule has 186 valence electrons. The number of carbonyl (C=O) groups excluding carboxylic acids is 2. The molecule has 10 heteroatoms. The van der Waals surface area contributed by atoms with Gasteiger partial charge in [-0.1, -0.05) is 66.0 Å². The third-order valence-electron chi connectivity index (χ3n) is 5.13. The monoisotopic (exact) mass is 527 g/mol. The van der Waals surface area contributed by atoms with E-state index in [1.165, 1.54) is 17.0 Å². The predicted molar refractivity (Wildman–Crippen MR) is 138 cm³/mol. The van der Waals surface area contributed by atoms with Crippen LogP contribution in [0.5, 0.6) is 0 Å². The Labute approximate surface area is 212 Å². The van der Waals surface area contributed by atoms with Gasteiger partial charge in [-0.05, 0) is 44.9 Å². The van der Waals surface area contributed by atoms with Crippen LogP contribution in [0, 0.1) is 6.92 Å². The number of carbonyl (C=O) groups is 2. The highest BCUT2D eigenvalue weighted by Crippen LogP contribution is 2.33. The molecule has 0 aliphatic heterocycles. The van der Waals surface area contributed by atoms with E-state index in [4.69, 9.17) is 23.2 Å². The fraction of sp³-hybridized carbons (Fsp3) is 0.417. The van der Waals surface area contributed by atoms with E-state index >= 15 is 0 Å². The summed E-state index contributed by atoms with van der Waals surface area (Å²) in [5.74, 6) is -0.834. The van der Waals surface area contributed by atoms with E-state index in [2.05, 4.69) is 5.32 Å². The topological polar surface area (TPSA) is 86.8 Å². The molecular weight excluding hydrogens is 497 g/mol. The molecule has 2 aromatic rings. The van der Waals surface area contributed by atoms with Crippen LogP contribution in [-0.4, -0.2) is 50.0 Å². The van der Waals surface area contributed by atoms with Crippen LogP contribution in [-0.2, 0) is 26.2 Å². The molecule has 0 saturated carbocycles. The maximum atomic E-state index is 13.6. The maximum Gasteiger partial charge on any atom is 0.244 e. The number of halogens is 2. The average molecular weight is 529 g/mol. The standard InChI is InChI=1S/C24H31Cl2N3O4S/c1-6-20(24(31)27-16(2)3)28(14-18-10-7-9-17(4)13-18)22(30)15-29(34(5,32)33)21-12-8-11-19(25)23(21)26/h7-13,16,20H,6,14-15H2,1-5H3,(H,27,31)/t20-/m1/s1. The van der Waals surface area contributed by atoms with E-state index < -0.39 is 28.5 Å². The van der Waals surface area contributed by atoms with Crippen molar-refractivity contribution >= 4 is 50.7 Å². The molecule has 0 heterocycles. The second kappa shape index (κ2) is 11.9. The lowest BCUT2D eigenvalue weighted by Gasteiger charge is -2.33. The van der Waals surface area contributed by atoms with E-state index in [1.807, 2.05) is 52.0 Å². The van der Waals surface area contributed by atoms with Crippen molar-refractivity contribution in [1.82, 2.24) is 10.2 Å². The second-order valence-electron chi connectivity index (χ2n) is 8.44. The Balaban J connectivity index is 2.49. The predicted octanol–water partition coefficient (Wildman–Crippen LogP) is 4.40. The van der Waals surface area contributed by atoms with Gasteiger partial charge in [0, 0.05) is 12.6 Å². The van der Waals surface area contributed by atoms with E-state index in [0.717, 1.165) is 21.7 Å². The first-order valence-corrected chi connectivity index (χ1v) is 13.5. The van der Waals surface area contributed by atoms with Crippen LogP contribution in [0.1, 0.15) is 38.3 Å². The molecule has 0 radical (unpaired) electrons. The fourth-order valence-electron chi connectivity index (χ4n) is 3.59. The van der Waals surface area contributed by atoms with Crippen LogP contribution in [0.2, 0.25) is 10.0 Å². The highest BCUT2D eigenvalue weighted by atomic mass is 35.5. The number of anilines is 1. The number of nitrogens with zero attached hydrogens (tertiary/aromatic N) is 2. The molecule has 34 heavy (non-hydrogen) atoms. The van der Waals surface area contributed by atoms with Crippen molar-refractivity contribution in [1.29, 1.82) is 0 Å². The molecule has 1 atom stereocenters. The molecule has 2 aromatic carbocycles. The van der Waals surface area contributed by atoms with Gasteiger partial charge < -0.3 is 10.2 Å². The minimum absolute atomic E-state index is 0.0252. The fourth-order valence-corrected chi connectivity index (χ4v) is 4.89. The first-order chi connectivity index (χ1) is 15.8. The summed E-state index contributed by atoms with van der Waals surface area (Å²) in [7, 11) is -3.89. The minimum atomic E-state index is -3.89. The van der Waals surface area contributed by atoms with Gasteiger partial charge in [0.2, 0.25) is 21.8 Å². The SMILES string of the molecule is CC[C@H](C(=O)NC(C)C)N(Cc1cccc(C)c1)C(=O)CN(c1cccc(Cl)c1Cl)S(C)(=O)=O. The van der Waals surface area contributed by atoms with Crippen LogP contribution in [0.4, 0.5) is 5.69 Å². The molecule has 0 aliphatic carbocycles. The smallest absolute Gasteiger partial charge is 0.244 e. The Kier molecular flexibility index (Phi) is 9.79. The van der Waals surface area contributed by atoms with Crippen LogP contribution in [0.3, 0.4) is 0 Å². The highest BCUT2D eigenvalue weighted by molar-refractivity contribution is 7.92. The van der Waals surface area contributed by atoms with Gasteiger partial charge in [-0.3, -0.25) is 13.9 Å². The van der Waals surface area contributed by atoms with Crippen molar-refractivity contribution in [2.45, 2.75) is 52.7 Å². The molecule has 0 aliphatic rings. The average Bonchev–Trinajstić information content (AvgIpc) is 2.72. The zero-order chi connectivity index (χ0) is 25.6. The molecule has 0 bridgehead atoms. The number of amides is 2. The van der Waals surface area contributed by atoms with Gasteiger partial charge in [0.15, 0.2) is 0 Å². The van der Waals surface area contributed by atoms with Crippen molar-refractivity contribution in [3.8, 4) is 0 Å². The first-order valence-electron chi connectivity index (χ1n) is 10.9. The summed E-state index contributed by atoms with van der Waals surface area (Å²) in [6.45, 7) is 7.03. The van der Waals surface area contributed by atoms with Crippen molar-refractivity contribution in [3.05, 3.63) is 63.6 Å².